The lowest BCUT2D eigenvalue weighted by Gasteiger charge is -2.45. The molecule has 0 saturated heterocycles. The van der Waals surface area contributed by atoms with E-state index in [1.54, 1.807) is 26.4 Å². The molecule has 0 saturated carbocycles. The molecule has 3 aromatic rings. The predicted octanol–water partition coefficient (Wildman–Crippen LogP) is 4.65. The molecule has 0 aliphatic carbocycles. The lowest BCUT2D eigenvalue weighted by atomic mass is 9.75. The van der Waals surface area contributed by atoms with Gasteiger partial charge in [-0.2, -0.15) is 0 Å². The Labute approximate surface area is 228 Å². The largest absolute Gasteiger partial charge is 0.497 e. The molecule has 8 nitrogen and oxygen atoms in total. The highest BCUT2D eigenvalue weighted by molar-refractivity contribution is 6.01. The maximum absolute atomic E-state index is 14.0. The summed E-state index contributed by atoms with van der Waals surface area (Å²) in [6.45, 7) is 5.63. The number of carbonyl (C=O) groups excluding carboxylic acids is 2. The minimum atomic E-state index is -0.602. The van der Waals surface area contributed by atoms with Gasteiger partial charge in [0.05, 0.1) is 39.4 Å². The molecule has 2 amide bonds. The molecule has 0 bridgehead atoms. The van der Waals surface area contributed by atoms with Gasteiger partial charge < -0.3 is 29.2 Å². The van der Waals surface area contributed by atoms with Crippen LogP contribution in [0.4, 0.5) is 0 Å². The Morgan fingerprint density at radius 3 is 2.38 bits per heavy atom. The summed E-state index contributed by atoms with van der Waals surface area (Å²) in [6, 6.07) is 16.4. The van der Waals surface area contributed by atoms with E-state index in [0.717, 1.165) is 22.3 Å². The first kappa shape index (κ1) is 26.4. The summed E-state index contributed by atoms with van der Waals surface area (Å²) >= 11 is 0. The average Bonchev–Trinajstić information content (AvgIpc) is 2.96. The SMILES string of the molecule is CCOc1cc2c(cc1OCC)C1C(C(=O)NCc3ccc(OC)cc3OC)c3ccccc3C(=O)N1CC2. The van der Waals surface area contributed by atoms with Crippen molar-refractivity contribution >= 4 is 11.8 Å². The Kier molecular flexibility index (Phi) is 7.63. The van der Waals surface area contributed by atoms with Gasteiger partial charge in [-0.15, -0.1) is 0 Å². The number of hydrogen-bond donors (Lipinski definition) is 1. The third kappa shape index (κ3) is 4.87. The molecule has 39 heavy (non-hydrogen) atoms. The zero-order valence-electron chi connectivity index (χ0n) is 22.8. The molecule has 2 aliphatic heterocycles. The van der Waals surface area contributed by atoms with E-state index in [1.165, 1.54) is 0 Å². The predicted molar refractivity (Wildman–Crippen MR) is 147 cm³/mol. The zero-order valence-corrected chi connectivity index (χ0v) is 22.8. The first-order valence-corrected chi connectivity index (χ1v) is 13.3. The average molecular weight is 531 g/mol. The van der Waals surface area contributed by atoms with Crippen molar-refractivity contribution in [3.8, 4) is 23.0 Å². The van der Waals surface area contributed by atoms with Gasteiger partial charge >= 0.3 is 0 Å². The molecule has 8 heteroatoms. The molecular weight excluding hydrogens is 496 g/mol. The smallest absolute Gasteiger partial charge is 0.254 e. The van der Waals surface area contributed by atoms with Gasteiger partial charge in [0, 0.05) is 30.3 Å². The summed E-state index contributed by atoms with van der Waals surface area (Å²) in [7, 11) is 3.19. The van der Waals surface area contributed by atoms with Gasteiger partial charge in [0.25, 0.3) is 5.91 Å². The summed E-state index contributed by atoms with van der Waals surface area (Å²) in [5.41, 5.74) is 4.09. The van der Waals surface area contributed by atoms with E-state index < -0.39 is 12.0 Å². The summed E-state index contributed by atoms with van der Waals surface area (Å²) in [6.07, 6.45) is 0.670. The van der Waals surface area contributed by atoms with E-state index in [-0.39, 0.29) is 18.4 Å². The second-order valence-corrected chi connectivity index (χ2v) is 9.52. The topological polar surface area (TPSA) is 86.3 Å². The number of nitrogens with zero attached hydrogens (tertiary/aromatic N) is 1. The van der Waals surface area contributed by atoms with Crippen LogP contribution < -0.4 is 24.3 Å². The highest BCUT2D eigenvalue weighted by atomic mass is 16.5. The van der Waals surface area contributed by atoms with Crippen molar-refractivity contribution in [2.75, 3.05) is 34.0 Å². The lowest BCUT2D eigenvalue weighted by molar-refractivity contribution is -0.124. The number of benzene rings is 3. The Morgan fingerprint density at radius 1 is 0.923 bits per heavy atom. The number of carbonyl (C=O) groups is 2. The number of nitrogens with one attached hydrogen (secondary N) is 1. The van der Waals surface area contributed by atoms with E-state index in [1.807, 2.05) is 61.2 Å². The van der Waals surface area contributed by atoms with Gasteiger partial charge in [-0.3, -0.25) is 9.59 Å². The van der Waals surface area contributed by atoms with Crippen LogP contribution in [-0.4, -0.2) is 50.7 Å². The first-order valence-electron chi connectivity index (χ1n) is 13.3. The minimum absolute atomic E-state index is 0.0611. The number of methoxy groups -OCH3 is 2. The van der Waals surface area contributed by atoms with Crippen LogP contribution in [0, 0.1) is 0 Å². The fraction of sp³-hybridized carbons (Fsp3) is 0.355. The molecule has 0 fully saturated rings. The van der Waals surface area contributed by atoms with E-state index in [0.29, 0.717) is 54.7 Å². The number of rotatable bonds is 9. The third-order valence-electron chi connectivity index (χ3n) is 7.41. The summed E-state index contributed by atoms with van der Waals surface area (Å²) in [5.74, 6) is 1.78. The van der Waals surface area contributed by atoms with Crippen molar-refractivity contribution in [2.24, 2.45) is 0 Å². The number of hydrogen-bond acceptors (Lipinski definition) is 6. The maximum Gasteiger partial charge on any atom is 0.254 e. The standard InChI is InChI=1S/C31H34N2O6/c1-5-38-26-15-19-13-14-33-29(24(19)17-27(26)39-6-2)28(22-9-7-8-10-23(22)31(33)35)30(34)32-18-20-11-12-21(36-3)16-25(20)37-4/h7-12,15-17,28-29H,5-6,13-14,18H2,1-4H3,(H,32,34). The van der Waals surface area contributed by atoms with Crippen molar-refractivity contribution < 1.29 is 28.5 Å². The van der Waals surface area contributed by atoms with Gasteiger partial charge in [0.15, 0.2) is 11.5 Å². The quantitative estimate of drug-likeness (QED) is 0.433. The number of fused-ring (bicyclic) bond motifs is 4. The molecule has 0 spiro atoms. The molecule has 2 unspecified atom stereocenters. The van der Waals surface area contributed by atoms with E-state index in [9.17, 15) is 9.59 Å². The van der Waals surface area contributed by atoms with Crippen molar-refractivity contribution in [2.45, 2.75) is 38.8 Å². The lowest BCUT2D eigenvalue weighted by Crippen LogP contribution is -2.50. The van der Waals surface area contributed by atoms with Crippen molar-refractivity contribution in [1.82, 2.24) is 10.2 Å². The van der Waals surface area contributed by atoms with Crippen molar-refractivity contribution in [1.29, 1.82) is 0 Å². The monoisotopic (exact) mass is 530 g/mol. The third-order valence-corrected chi connectivity index (χ3v) is 7.41. The van der Waals surface area contributed by atoms with Crippen LogP contribution in [0.2, 0.25) is 0 Å². The first-order chi connectivity index (χ1) is 19.0. The Hall–Kier alpha value is -4.20. The Balaban J connectivity index is 1.55. The molecule has 3 aromatic carbocycles. The van der Waals surface area contributed by atoms with Gasteiger partial charge in [-0.25, -0.2) is 0 Å². The fourth-order valence-corrected chi connectivity index (χ4v) is 5.64. The molecule has 5 rings (SSSR count). The van der Waals surface area contributed by atoms with Crippen LogP contribution in [0.5, 0.6) is 23.0 Å². The van der Waals surface area contributed by atoms with Crippen molar-refractivity contribution in [3.63, 3.8) is 0 Å². The van der Waals surface area contributed by atoms with Gasteiger partial charge in [-0.05, 0) is 67.3 Å². The van der Waals surface area contributed by atoms with Gasteiger partial charge in [0.2, 0.25) is 5.91 Å². The molecule has 2 atom stereocenters. The van der Waals surface area contributed by atoms with Crippen LogP contribution >= 0.6 is 0 Å². The normalized spacial score (nSPS) is 17.4. The highest BCUT2D eigenvalue weighted by Crippen LogP contribution is 2.48. The number of ether oxygens (including phenoxy) is 4. The van der Waals surface area contributed by atoms with Gasteiger partial charge in [0.1, 0.15) is 11.5 Å². The molecule has 204 valence electrons. The highest BCUT2D eigenvalue weighted by Gasteiger charge is 2.46. The summed E-state index contributed by atoms with van der Waals surface area (Å²) < 4.78 is 22.6. The number of amides is 2. The van der Waals surface area contributed by atoms with Crippen LogP contribution in [-0.2, 0) is 17.8 Å². The van der Waals surface area contributed by atoms with Crippen LogP contribution in [0.15, 0.2) is 54.6 Å². The van der Waals surface area contributed by atoms with Crippen LogP contribution in [0.3, 0.4) is 0 Å². The second kappa shape index (κ2) is 11.3. The summed E-state index contributed by atoms with van der Waals surface area (Å²) in [4.78, 5) is 29.5. The molecule has 1 N–H and O–H groups in total. The zero-order chi connectivity index (χ0) is 27.5. The van der Waals surface area contributed by atoms with Gasteiger partial charge in [-0.1, -0.05) is 18.2 Å². The molecule has 0 aromatic heterocycles. The van der Waals surface area contributed by atoms with E-state index >= 15 is 0 Å². The Bertz CT molecular complexity index is 1390. The maximum atomic E-state index is 14.0. The van der Waals surface area contributed by atoms with E-state index in [2.05, 4.69) is 5.32 Å². The molecule has 0 radical (unpaired) electrons. The minimum Gasteiger partial charge on any atom is -0.497 e. The molecular formula is C31H34N2O6. The van der Waals surface area contributed by atoms with Crippen LogP contribution in [0.1, 0.15) is 58.4 Å². The van der Waals surface area contributed by atoms with E-state index in [4.69, 9.17) is 18.9 Å². The Morgan fingerprint density at radius 2 is 1.67 bits per heavy atom. The summed E-state index contributed by atoms with van der Waals surface area (Å²) in [5, 5.41) is 3.12. The van der Waals surface area contributed by atoms with Crippen molar-refractivity contribution in [3.05, 3.63) is 82.4 Å². The van der Waals surface area contributed by atoms with Crippen LogP contribution in [0.25, 0.3) is 0 Å². The molecule has 2 heterocycles. The fourth-order valence-electron chi connectivity index (χ4n) is 5.64. The second-order valence-electron chi connectivity index (χ2n) is 9.52. The molecule has 2 aliphatic rings.